The molecule has 0 radical (unpaired) electrons. The third-order valence-corrected chi connectivity index (χ3v) is 2.34. The van der Waals surface area contributed by atoms with Crippen molar-refractivity contribution in [2.45, 2.75) is 27.2 Å². The standard InChI is InChI=1S/C14H20N2O2/c1-4-18-14(16-15-10-17)13-7-5-12(6-8-13)9-11(2)3/h5-8,10-11H,4,9H2,1-3H3,(H,15,17)/b16-14-. The third kappa shape index (κ3) is 4.57. The summed E-state index contributed by atoms with van der Waals surface area (Å²) in [5, 5.41) is 3.87. The topological polar surface area (TPSA) is 50.7 Å². The van der Waals surface area contributed by atoms with Crippen molar-refractivity contribution in [3.8, 4) is 0 Å². The Labute approximate surface area is 108 Å². The van der Waals surface area contributed by atoms with E-state index in [2.05, 4.69) is 36.5 Å². The molecule has 1 aromatic carbocycles. The molecule has 0 saturated heterocycles. The molecule has 4 heteroatoms. The van der Waals surface area contributed by atoms with Crippen molar-refractivity contribution in [3.63, 3.8) is 0 Å². The molecule has 4 nitrogen and oxygen atoms in total. The van der Waals surface area contributed by atoms with Crippen LogP contribution in [0.2, 0.25) is 0 Å². The molecule has 0 spiro atoms. The SMILES string of the molecule is CCO/C(=N\NC=O)c1ccc(CC(C)C)cc1. The van der Waals surface area contributed by atoms with Crippen molar-refractivity contribution in [1.29, 1.82) is 0 Å². The number of hydrogen-bond acceptors (Lipinski definition) is 3. The molecule has 98 valence electrons. The van der Waals surface area contributed by atoms with Crippen molar-refractivity contribution in [1.82, 2.24) is 5.43 Å². The lowest BCUT2D eigenvalue weighted by molar-refractivity contribution is -0.109. The molecular weight excluding hydrogens is 228 g/mol. The van der Waals surface area contributed by atoms with Crippen molar-refractivity contribution in [3.05, 3.63) is 35.4 Å². The van der Waals surface area contributed by atoms with Crippen LogP contribution < -0.4 is 5.43 Å². The van der Waals surface area contributed by atoms with Crippen LogP contribution in [0.5, 0.6) is 0 Å². The lowest BCUT2D eigenvalue weighted by atomic mass is 10.0. The molecule has 1 rings (SSSR count). The number of hydrazone groups is 1. The van der Waals surface area contributed by atoms with Gasteiger partial charge in [0.15, 0.2) is 0 Å². The smallest absolute Gasteiger partial charge is 0.238 e. The minimum absolute atomic E-state index is 0.431. The van der Waals surface area contributed by atoms with Gasteiger partial charge >= 0.3 is 0 Å². The highest BCUT2D eigenvalue weighted by Gasteiger charge is 2.05. The van der Waals surface area contributed by atoms with Crippen LogP contribution in [-0.4, -0.2) is 18.9 Å². The first-order chi connectivity index (χ1) is 8.67. The average Bonchev–Trinajstić information content (AvgIpc) is 2.35. The van der Waals surface area contributed by atoms with Gasteiger partial charge in [0.1, 0.15) is 0 Å². The fraction of sp³-hybridized carbons (Fsp3) is 0.429. The van der Waals surface area contributed by atoms with Crippen molar-refractivity contribution in [2.24, 2.45) is 11.0 Å². The molecule has 0 heterocycles. The molecule has 0 fully saturated rings. The van der Waals surface area contributed by atoms with Gasteiger partial charge in [0.2, 0.25) is 12.3 Å². The maximum Gasteiger partial charge on any atom is 0.238 e. The molecule has 0 aromatic heterocycles. The Morgan fingerprint density at radius 2 is 2.06 bits per heavy atom. The number of carbonyl (C=O) groups is 1. The zero-order valence-corrected chi connectivity index (χ0v) is 11.1. The minimum Gasteiger partial charge on any atom is -0.477 e. The van der Waals surface area contributed by atoms with Gasteiger partial charge in [-0.1, -0.05) is 26.0 Å². The number of nitrogens with one attached hydrogen (secondary N) is 1. The summed E-state index contributed by atoms with van der Waals surface area (Å²) >= 11 is 0. The Balaban J connectivity index is 2.83. The van der Waals surface area contributed by atoms with Crippen LogP contribution in [0.15, 0.2) is 29.4 Å². The van der Waals surface area contributed by atoms with Gasteiger partial charge in [0.25, 0.3) is 0 Å². The number of nitrogens with zero attached hydrogens (tertiary/aromatic N) is 1. The van der Waals surface area contributed by atoms with Crippen molar-refractivity contribution in [2.75, 3.05) is 6.61 Å². The molecule has 0 saturated carbocycles. The molecule has 0 aliphatic carbocycles. The van der Waals surface area contributed by atoms with E-state index < -0.39 is 0 Å². The van der Waals surface area contributed by atoms with E-state index in [9.17, 15) is 4.79 Å². The predicted molar refractivity (Wildman–Crippen MR) is 72.3 cm³/mol. The quantitative estimate of drug-likeness (QED) is 0.363. The molecule has 0 atom stereocenters. The van der Waals surface area contributed by atoms with Crippen LogP contribution in [-0.2, 0) is 16.0 Å². The first kappa shape index (κ1) is 14.2. The average molecular weight is 248 g/mol. The first-order valence-corrected chi connectivity index (χ1v) is 6.16. The Morgan fingerprint density at radius 1 is 1.39 bits per heavy atom. The van der Waals surface area contributed by atoms with Gasteiger partial charge in [-0.2, -0.15) is 0 Å². The van der Waals surface area contributed by atoms with Gasteiger partial charge in [-0.3, -0.25) is 4.79 Å². The Morgan fingerprint density at radius 3 is 2.56 bits per heavy atom. The lowest BCUT2D eigenvalue weighted by Crippen LogP contribution is -2.13. The fourth-order valence-electron chi connectivity index (χ4n) is 1.66. The highest BCUT2D eigenvalue weighted by atomic mass is 16.5. The summed E-state index contributed by atoms with van der Waals surface area (Å²) in [5.41, 5.74) is 4.41. The first-order valence-electron chi connectivity index (χ1n) is 6.16. The highest BCUT2D eigenvalue weighted by molar-refractivity contribution is 5.94. The normalized spacial score (nSPS) is 11.4. The summed E-state index contributed by atoms with van der Waals surface area (Å²) in [4.78, 5) is 10.2. The number of carbonyl (C=O) groups excluding carboxylic acids is 1. The molecule has 1 N–H and O–H groups in total. The molecule has 0 unspecified atom stereocenters. The van der Waals surface area contributed by atoms with Gasteiger partial charge in [0.05, 0.1) is 6.61 Å². The highest BCUT2D eigenvalue weighted by Crippen LogP contribution is 2.11. The summed E-state index contributed by atoms with van der Waals surface area (Å²) in [5.74, 6) is 1.06. The second kappa shape index (κ2) is 7.48. The lowest BCUT2D eigenvalue weighted by Gasteiger charge is -2.09. The minimum atomic E-state index is 0.431. The van der Waals surface area contributed by atoms with E-state index in [1.54, 1.807) is 0 Å². The largest absolute Gasteiger partial charge is 0.477 e. The monoisotopic (exact) mass is 248 g/mol. The number of ether oxygens (including phenoxy) is 1. The van der Waals surface area contributed by atoms with Crippen LogP contribution in [0.4, 0.5) is 0 Å². The van der Waals surface area contributed by atoms with E-state index in [1.165, 1.54) is 5.56 Å². The zero-order chi connectivity index (χ0) is 13.4. The maximum absolute atomic E-state index is 10.2. The number of rotatable bonds is 6. The van der Waals surface area contributed by atoms with E-state index in [1.807, 2.05) is 19.1 Å². The van der Waals surface area contributed by atoms with Crippen molar-refractivity contribution >= 4 is 12.3 Å². The summed E-state index contributed by atoms with van der Waals surface area (Å²) in [6.45, 7) is 6.76. The van der Waals surface area contributed by atoms with E-state index in [0.717, 1.165) is 12.0 Å². The van der Waals surface area contributed by atoms with Gasteiger partial charge in [0, 0.05) is 5.56 Å². The fourth-order valence-corrected chi connectivity index (χ4v) is 1.66. The number of amides is 1. The van der Waals surface area contributed by atoms with Crippen LogP contribution in [0.1, 0.15) is 31.9 Å². The second-order valence-corrected chi connectivity index (χ2v) is 4.39. The Hall–Kier alpha value is -1.84. The van der Waals surface area contributed by atoms with E-state index in [-0.39, 0.29) is 0 Å². The Kier molecular flexibility index (Phi) is 5.91. The predicted octanol–water partition coefficient (Wildman–Crippen LogP) is 2.33. The molecule has 18 heavy (non-hydrogen) atoms. The summed E-state index contributed by atoms with van der Waals surface area (Å²) in [6.07, 6.45) is 1.57. The molecular formula is C14H20N2O2. The van der Waals surface area contributed by atoms with Gasteiger partial charge in [-0.05, 0) is 37.0 Å². The second-order valence-electron chi connectivity index (χ2n) is 4.39. The van der Waals surface area contributed by atoms with E-state index in [0.29, 0.717) is 24.8 Å². The van der Waals surface area contributed by atoms with Gasteiger partial charge < -0.3 is 4.74 Å². The van der Waals surface area contributed by atoms with E-state index in [4.69, 9.17) is 4.74 Å². The molecule has 0 aliphatic heterocycles. The van der Waals surface area contributed by atoms with Crippen LogP contribution >= 0.6 is 0 Å². The number of hydrogen-bond donors (Lipinski definition) is 1. The van der Waals surface area contributed by atoms with Crippen LogP contribution in [0.25, 0.3) is 0 Å². The zero-order valence-electron chi connectivity index (χ0n) is 11.1. The number of benzene rings is 1. The van der Waals surface area contributed by atoms with Gasteiger partial charge in [-0.15, -0.1) is 5.10 Å². The van der Waals surface area contributed by atoms with Crippen LogP contribution in [0, 0.1) is 5.92 Å². The third-order valence-electron chi connectivity index (χ3n) is 2.34. The molecule has 1 aromatic rings. The molecule has 0 aliphatic rings. The summed E-state index contributed by atoms with van der Waals surface area (Å²) < 4.78 is 5.38. The van der Waals surface area contributed by atoms with Crippen molar-refractivity contribution < 1.29 is 9.53 Å². The Bertz CT molecular complexity index is 397. The summed E-state index contributed by atoms with van der Waals surface area (Å²) in [7, 11) is 0. The van der Waals surface area contributed by atoms with Crippen LogP contribution in [0.3, 0.4) is 0 Å². The molecule has 0 bridgehead atoms. The van der Waals surface area contributed by atoms with E-state index >= 15 is 0 Å². The molecule has 1 amide bonds. The summed E-state index contributed by atoms with van der Waals surface area (Å²) in [6, 6.07) is 8.03. The maximum atomic E-state index is 10.2. The van der Waals surface area contributed by atoms with Gasteiger partial charge in [-0.25, -0.2) is 5.43 Å².